The maximum Gasteiger partial charge on any atom is 0.261 e. The van der Waals surface area contributed by atoms with E-state index in [9.17, 15) is 9.59 Å². The maximum absolute atomic E-state index is 12.3. The lowest BCUT2D eigenvalue weighted by molar-refractivity contribution is -0.128. The summed E-state index contributed by atoms with van der Waals surface area (Å²) in [4.78, 5) is 27.0. The molecule has 0 saturated carbocycles. The van der Waals surface area contributed by atoms with Gasteiger partial charge in [-0.05, 0) is 24.1 Å². The first-order valence-electron chi connectivity index (χ1n) is 7.33. The number of carbonyl (C=O) groups excluding carboxylic acids is 2. The van der Waals surface area contributed by atoms with Crippen LogP contribution >= 0.6 is 23.2 Å². The van der Waals surface area contributed by atoms with Gasteiger partial charge >= 0.3 is 0 Å². The number of aldehydes is 1. The van der Waals surface area contributed by atoms with Crippen molar-refractivity contribution in [2.75, 3.05) is 0 Å². The van der Waals surface area contributed by atoms with E-state index in [-0.39, 0.29) is 16.8 Å². The largest absolute Gasteiger partial charge is 0.463 e. The summed E-state index contributed by atoms with van der Waals surface area (Å²) in [5, 5.41) is 3.41. The first-order valence-corrected chi connectivity index (χ1v) is 8.08. The van der Waals surface area contributed by atoms with Crippen molar-refractivity contribution in [1.82, 2.24) is 10.3 Å². The van der Waals surface area contributed by atoms with E-state index in [1.807, 2.05) is 13.0 Å². The lowest BCUT2D eigenvalue weighted by atomic mass is 10.1. The summed E-state index contributed by atoms with van der Waals surface area (Å²) < 4.78 is 5.57. The molecule has 7 heteroatoms. The Morgan fingerprint density at radius 2 is 2.17 bits per heavy atom. The van der Waals surface area contributed by atoms with Gasteiger partial charge in [-0.15, -0.1) is 0 Å². The number of aromatic nitrogens is 1. The molecule has 0 unspecified atom stereocenters. The van der Waals surface area contributed by atoms with E-state index in [4.69, 9.17) is 27.9 Å². The van der Waals surface area contributed by atoms with Crippen molar-refractivity contribution in [3.05, 3.63) is 57.7 Å². The van der Waals surface area contributed by atoms with E-state index in [2.05, 4.69) is 10.3 Å². The molecule has 1 N–H and O–H groups in total. The number of rotatable bonds is 7. The maximum atomic E-state index is 12.3. The quantitative estimate of drug-likeness (QED) is 0.759. The smallest absolute Gasteiger partial charge is 0.261 e. The summed E-state index contributed by atoms with van der Waals surface area (Å²) in [6.45, 7) is 2.11. The standard InChI is InChI=1S/C17H16Cl2N2O3/c1-2-15(24-17-14(19)7-13(18)9-21-17)16(23)20-8-11-4-3-5-12(6-11)10-22/h3-7,9-10,15H,2,8H2,1H3,(H,20,23)/t15-/m1/s1. The summed E-state index contributed by atoms with van der Waals surface area (Å²) >= 11 is 11.8. The van der Waals surface area contributed by atoms with Crippen LogP contribution in [0.4, 0.5) is 0 Å². The number of halogens is 2. The zero-order valence-electron chi connectivity index (χ0n) is 13.0. The highest BCUT2D eigenvalue weighted by Crippen LogP contribution is 2.25. The number of ether oxygens (including phenoxy) is 1. The fourth-order valence-electron chi connectivity index (χ4n) is 2.03. The first kappa shape index (κ1) is 18.2. The number of carbonyl (C=O) groups is 2. The SMILES string of the molecule is CC[C@@H](Oc1ncc(Cl)cc1Cl)C(=O)NCc1cccc(C=O)c1. The third-order valence-corrected chi connectivity index (χ3v) is 3.72. The minimum absolute atomic E-state index is 0.158. The second kappa shape index (κ2) is 8.66. The Hall–Kier alpha value is -2.11. The van der Waals surface area contributed by atoms with Crippen LogP contribution in [0.15, 0.2) is 36.5 Å². The van der Waals surface area contributed by atoms with Crippen LogP contribution in [-0.4, -0.2) is 23.3 Å². The van der Waals surface area contributed by atoms with Gasteiger partial charge < -0.3 is 10.1 Å². The van der Waals surface area contributed by atoms with E-state index in [0.717, 1.165) is 11.8 Å². The predicted octanol–water partition coefficient (Wildman–Crippen LogP) is 3.67. The predicted molar refractivity (Wildman–Crippen MR) is 92.6 cm³/mol. The summed E-state index contributed by atoms with van der Waals surface area (Å²) in [7, 11) is 0. The van der Waals surface area contributed by atoms with Gasteiger partial charge in [-0.3, -0.25) is 9.59 Å². The van der Waals surface area contributed by atoms with Gasteiger partial charge in [0.15, 0.2) is 6.10 Å². The Morgan fingerprint density at radius 3 is 2.83 bits per heavy atom. The van der Waals surface area contributed by atoms with Gasteiger partial charge in [-0.25, -0.2) is 4.98 Å². The third-order valence-electron chi connectivity index (χ3n) is 3.25. The lowest BCUT2D eigenvalue weighted by Gasteiger charge is -2.17. The molecule has 1 aromatic heterocycles. The van der Waals surface area contributed by atoms with Crippen LogP contribution in [0.1, 0.15) is 29.3 Å². The molecule has 24 heavy (non-hydrogen) atoms. The first-order chi connectivity index (χ1) is 11.5. The molecular weight excluding hydrogens is 351 g/mol. The molecule has 0 radical (unpaired) electrons. The molecule has 126 valence electrons. The minimum Gasteiger partial charge on any atom is -0.463 e. The molecule has 1 heterocycles. The Labute approximate surface area is 149 Å². The number of nitrogens with zero attached hydrogens (tertiary/aromatic N) is 1. The van der Waals surface area contributed by atoms with Crippen LogP contribution in [0.2, 0.25) is 10.0 Å². The number of pyridine rings is 1. The average molecular weight is 367 g/mol. The second-order valence-electron chi connectivity index (χ2n) is 5.04. The summed E-state index contributed by atoms with van der Waals surface area (Å²) in [6.07, 6.45) is 1.88. The van der Waals surface area contributed by atoms with Crippen LogP contribution in [-0.2, 0) is 11.3 Å². The highest BCUT2D eigenvalue weighted by Gasteiger charge is 2.20. The van der Waals surface area contributed by atoms with E-state index in [1.165, 1.54) is 12.3 Å². The molecule has 0 bridgehead atoms. The monoisotopic (exact) mass is 366 g/mol. The van der Waals surface area contributed by atoms with Gasteiger partial charge in [0, 0.05) is 18.3 Å². The normalized spacial score (nSPS) is 11.6. The molecular formula is C17H16Cl2N2O3. The van der Waals surface area contributed by atoms with Crippen LogP contribution in [0.5, 0.6) is 5.88 Å². The van der Waals surface area contributed by atoms with Gasteiger partial charge in [0.25, 0.3) is 5.91 Å². The van der Waals surface area contributed by atoms with Gasteiger partial charge in [0.2, 0.25) is 5.88 Å². The van der Waals surface area contributed by atoms with Gasteiger partial charge in [-0.1, -0.05) is 48.3 Å². The number of nitrogens with one attached hydrogen (secondary N) is 1. The molecule has 0 spiro atoms. The minimum atomic E-state index is -0.731. The number of amides is 1. The fraction of sp³-hybridized carbons (Fsp3) is 0.235. The summed E-state index contributed by atoms with van der Waals surface area (Å²) in [6, 6.07) is 8.50. The third kappa shape index (κ3) is 4.94. The Kier molecular flexibility index (Phi) is 6.58. The van der Waals surface area contributed by atoms with Crippen LogP contribution in [0.25, 0.3) is 0 Å². The highest BCUT2D eigenvalue weighted by atomic mass is 35.5. The van der Waals surface area contributed by atoms with E-state index in [0.29, 0.717) is 23.6 Å². The Balaban J connectivity index is 1.99. The number of hydrogen-bond acceptors (Lipinski definition) is 4. The Morgan fingerprint density at radius 1 is 1.38 bits per heavy atom. The molecule has 0 aliphatic rings. The number of hydrogen-bond donors (Lipinski definition) is 1. The second-order valence-corrected chi connectivity index (χ2v) is 5.88. The van der Waals surface area contributed by atoms with Crippen LogP contribution in [0, 0.1) is 0 Å². The lowest BCUT2D eigenvalue weighted by Crippen LogP contribution is -2.37. The van der Waals surface area contributed by atoms with Crippen molar-refractivity contribution in [3.63, 3.8) is 0 Å². The summed E-state index contributed by atoms with van der Waals surface area (Å²) in [5.74, 6) is -0.132. The molecule has 5 nitrogen and oxygen atoms in total. The van der Waals surface area contributed by atoms with E-state index < -0.39 is 6.10 Å². The molecule has 0 aliphatic heterocycles. The highest BCUT2D eigenvalue weighted by molar-refractivity contribution is 6.35. The van der Waals surface area contributed by atoms with Crippen molar-refractivity contribution in [1.29, 1.82) is 0 Å². The van der Waals surface area contributed by atoms with Gasteiger partial charge in [0.05, 0.1) is 5.02 Å². The van der Waals surface area contributed by atoms with Crippen LogP contribution < -0.4 is 10.1 Å². The molecule has 0 aliphatic carbocycles. The van der Waals surface area contributed by atoms with Crippen molar-refractivity contribution in [2.45, 2.75) is 26.0 Å². The molecule has 0 saturated heterocycles. The van der Waals surface area contributed by atoms with Gasteiger partial charge in [0.1, 0.15) is 11.3 Å². The summed E-state index contributed by atoms with van der Waals surface area (Å²) in [5.41, 5.74) is 1.38. The Bertz CT molecular complexity index is 738. The zero-order valence-corrected chi connectivity index (χ0v) is 14.5. The molecule has 2 aromatic rings. The molecule has 0 fully saturated rings. The number of benzene rings is 1. The van der Waals surface area contributed by atoms with E-state index in [1.54, 1.807) is 18.2 Å². The average Bonchev–Trinajstić information content (AvgIpc) is 2.59. The van der Waals surface area contributed by atoms with Crippen molar-refractivity contribution < 1.29 is 14.3 Å². The van der Waals surface area contributed by atoms with Gasteiger partial charge in [-0.2, -0.15) is 0 Å². The molecule has 2 rings (SSSR count). The topological polar surface area (TPSA) is 68.3 Å². The van der Waals surface area contributed by atoms with Crippen molar-refractivity contribution in [3.8, 4) is 5.88 Å². The molecule has 1 atom stereocenters. The van der Waals surface area contributed by atoms with Crippen molar-refractivity contribution >= 4 is 35.4 Å². The molecule has 1 aromatic carbocycles. The molecule has 1 amide bonds. The van der Waals surface area contributed by atoms with Crippen molar-refractivity contribution in [2.24, 2.45) is 0 Å². The van der Waals surface area contributed by atoms with Crippen LogP contribution in [0.3, 0.4) is 0 Å². The van der Waals surface area contributed by atoms with E-state index >= 15 is 0 Å². The fourth-order valence-corrected chi connectivity index (χ4v) is 2.45. The zero-order chi connectivity index (χ0) is 17.5.